The molecule has 0 bridgehead atoms. The van der Waals surface area contributed by atoms with Crippen molar-refractivity contribution in [3.05, 3.63) is 72.3 Å². The number of hydrogen-bond donors (Lipinski definition) is 1. The Hall–Kier alpha value is -3.27. The highest BCUT2D eigenvalue weighted by Crippen LogP contribution is 2.31. The molecule has 0 saturated heterocycles. The number of carbonyl (C=O) groups is 1. The van der Waals surface area contributed by atoms with E-state index in [2.05, 4.69) is 5.32 Å². The molecule has 10 heteroatoms. The number of rotatable bonds is 8. The van der Waals surface area contributed by atoms with E-state index < -0.39 is 34.2 Å². The molecule has 0 radical (unpaired) electrons. The van der Waals surface area contributed by atoms with E-state index in [1.807, 2.05) is 36.4 Å². The molecule has 0 saturated carbocycles. The number of carbonyl (C=O) groups excluding carboxylic acids is 1. The molecule has 0 fully saturated rings. The zero-order valence-corrected chi connectivity index (χ0v) is 17.9. The van der Waals surface area contributed by atoms with E-state index in [1.54, 1.807) is 6.07 Å². The fourth-order valence-electron chi connectivity index (χ4n) is 3.02. The van der Waals surface area contributed by atoms with Crippen molar-refractivity contribution in [2.24, 2.45) is 0 Å². The predicted octanol–water partition coefficient (Wildman–Crippen LogP) is 3.82. The Morgan fingerprint density at radius 1 is 1.00 bits per heavy atom. The number of nitrogens with zero attached hydrogens (tertiary/aromatic N) is 1. The summed E-state index contributed by atoms with van der Waals surface area (Å²) in [5.74, 6) is 0.0119. The van der Waals surface area contributed by atoms with Crippen LogP contribution < -0.4 is 14.4 Å². The quantitative estimate of drug-likeness (QED) is 0.512. The number of fused-ring (bicyclic) bond motifs is 1. The smallest absolute Gasteiger partial charge is 0.416 e. The molecule has 170 valence electrons. The maximum absolute atomic E-state index is 12.7. The van der Waals surface area contributed by atoms with Gasteiger partial charge in [0, 0.05) is 0 Å². The topological polar surface area (TPSA) is 75.7 Å². The average Bonchev–Trinajstić information content (AvgIpc) is 2.73. The maximum atomic E-state index is 12.7. The summed E-state index contributed by atoms with van der Waals surface area (Å²) < 4.78 is 68.7. The van der Waals surface area contributed by atoms with E-state index in [0.29, 0.717) is 5.75 Å². The number of hydrogen-bond acceptors (Lipinski definition) is 4. The van der Waals surface area contributed by atoms with Gasteiger partial charge in [0.05, 0.1) is 24.1 Å². The number of sulfonamides is 1. The minimum Gasteiger partial charge on any atom is -0.492 e. The standard InChI is InChI=1S/C22H21F3N2O4S/c1-32(29,30)27(19-9-7-18(8-10-19)22(23,24)25)15-21(28)26-12-13-31-20-11-6-16-4-2-3-5-17(16)14-20/h2-11,14H,12-13,15H2,1H3,(H,26,28). The Kier molecular flexibility index (Phi) is 6.93. The van der Waals surface area contributed by atoms with Gasteiger partial charge in [-0.3, -0.25) is 9.10 Å². The molecular formula is C22H21F3N2O4S. The lowest BCUT2D eigenvalue weighted by atomic mass is 10.1. The van der Waals surface area contributed by atoms with Crippen LogP contribution in [0.1, 0.15) is 5.56 Å². The van der Waals surface area contributed by atoms with Crippen LogP contribution in [-0.4, -0.2) is 40.3 Å². The van der Waals surface area contributed by atoms with E-state index >= 15 is 0 Å². The van der Waals surface area contributed by atoms with Crippen LogP contribution in [0.5, 0.6) is 5.75 Å². The van der Waals surface area contributed by atoms with Crippen molar-refractivity contribution in [1.82, 2.24) is 5.32 Å². The molecule has 0 aliphatic rings. The summed E-state index contributed by atoms with van der Waals surface area (Å²) in [7, 11) is -3.90. The van der Waals surface area contributed by atoms with Crippen LogP contribution in [0, 0.1) is 0 Å². The summed E-state index contributed by atoms with van der Waals surface area (Å²) in [5, 5.41) is 4.62. The van der Waals surface area contributed by atoms with Crippen LogP contribution in [-0.2, 0) is 21.0 Å². The molecule has 0 heterocycles. The molecule has 1 amide bonds. The summed E-state index contributed by atoms with van der Waals surface area (Å²) >= 11 is 0. The Morgan fingerprint density at radius 2 is 1.66 bits per heavy atom. The Labute approximate surface area is 183 Å². The fraction of sp³-hybridized carbons (Fsp3) is 0.227. The second kappa shape index (κ2) is 9.47. The van der Waals surface area contributed by atoms with Crippen molar-refractivity contribution in [2.75, 3.05) is 30.3 Å². The molecular weight excluding hydrogens is 445 g/mol. The molecule has 3 rings (SSSR count). The summed E-state index contributed by atoms with van der Waals surface area (Å²) in [6, 6.07) is 16.9. The number of amides is 1. The third kappa shape index (κ3) is 6.13. The minimum atomic E-state index is -4.54. The van der Waals surface area contributed by atoms with Crippen molar-refractivity contribution in [1.29, 1.82) is 0 Å². The van der Waals surface area contributed by atoms with Gasteiger partial charge in [-0.1, -0.05) is 30.3 Å². The van der Waals surface area contributed by atoms with Gasteiger partial charge in [-0.2, -0.15) is 13.2 Å². The SMILES string of the molecule is CS(=O)(=O)N(CC(=O)NCCOc1ccc2ccccc2c1)c1ccc(C(F)(F)F)cc1. The van der Waals surface area contributed by atoms with Crippen molar-refractivity contribution >= 4 is 32.4 Å². The van der Waals surface area contributed by atoms with E-state index in [0.717, 1.165) is 45.6 Å². The van der Waals surface area contributed by atoms with Gasteiger partial charge in [0.1, 0.15) is 18.9 Å². The molecule has 6 nitrogen and oxygen atoms in total. The summed E-state index contributed by atoms with van der Waals surface area (Å²) in [4.78, 5) is 12.2. The first kappa shape index (κ1) is 23.4. The van der Waals surface area contributed by atoms with Crippen LogP contribution >= 0.6 is 0 Å². The van der Waals surface area contributed by atoms with Crippen molar-refractivity contribution in [2.45, 2.75) is 6.18 Å². The van der Waals surface area contributed by atoms with E-state index in [4.69, 9.17) is 4.74 Å². The molecule has 0 aromatic heterocycles. The van der Waals surface area contributed by atoms with Crippen LogP contribution in [0.4, 0.5) is 18.9 Å². The molecule has 0 spiro atoms. The third-order valence-electron chi connectivity index (χ3n) is 4.58. The predicted molar refractivity (Wildman–Crippen MR) is 116 cm³/mol. The van der Waals surface area contributed by atoms with Gasteiger partial charge in [0.15, 0.2) is 0 Å². The van der Waals surface area contributed by atoms with Gasteiger partial charge in [0.25, 0.3) is 0 Å². The highest BCUT2D eigenvalue weighted by molar-refractivity contribution is 7.92. The average molecular weight is 466 g/mol. The second-order valence-corrected chi connectivity index (χ2v) is 8.93. The first-order chi connectivity index (χ1) is 15.0. The zero-order chi connectivity index (χ0) is 23.4. The van der Waals surface area contributed by atoms with Crippen LogP contribution in [0.25, 0.3) is 10.8 Å². The Bertz CT molecular complexity index is 1200. The number of benzene rings is 3. The maximum Gasteiger partial charge on any atom is 0.416 e. The number of anilines is 1. The minimum absolute atomic E-state index is 0.0388. The number of nitrogens with one attached hydrogen (secondary N) is 1. The lowest BCUT2D eigenvalue weighted by Crippen LogP contribution is -2.41. The van der Waals surface area contributed by atoms with Gasteiger partial charge in [-0.05, 0) is 47.2 Å². The number of ether oxygens (including phenoxy) is 1. The Balaban J connectivity index is 1.56. The monoisotopic (exact) mass is 466 g/mol. The van der Waals surface area contributed by atoms with Crippen LogP contribution in [0.15, 0.2) is 66.7 Å². The second-order valence-electron chi connectivity index (χ2n) is 7.02. The molecule has 0 atom stereocenters. The molecule has 0 aliphatic carbocycles. The van der Waals surface area contributed by atoms with Crippen LogP contribution in [0.2, 0.25) is 0 Å². The van der Waals surface area contributed by atoms with Crippen molar-refractivity contribution in [3.63, 3.8) is 0 Å². The van der Waals surface area contributed by atoms with Gasteiger partial charge >= 0.3 is 6.18 Å². The molecule has 0 aliphatic heterocycles. The molecule has 1 N–H and O–H groups in total. The molecule has 0 unspecified atom stereocenters. The number of alkyl halides is 3. The highest BCUT2D eigenvalue weighted by Gasteiger charge is 2.30. The first-order valence-electron chi connectivity index (χ1n) is 9.57. The Morgan fingerprint density at radius 3 is 2.28 bits per heavy atom. The number of halogens is 3. The van der Waals surface area contributed by atoms with Crippen molar-refractivity contribution < 1.29 is 31.1 Å². The lowest BCUT2D eigenvalue weighted by molar-refractivity contribution is -0.137. The molecule has 3 aromatic carbocycles. The highest BCUT2D eigenvalue weighted by atomic mass is 32.2. The first-order valence-corrected chi connectivity index (χ1v) is 11.4. The zero-order valence-electron chi connectivity index (χ0n) is 17.1. The third-order valence-corrected chi connectivity index (χ3v) is 5.72. The van der Waals surface area contributed by atoms with Crippen molar-refractivity contribution in [3.8, 4) is 5.75 Å². The molecule has 32 heavy (non-hydrogen) atoms. The summed E-state index contributed by atoms with van der Waals surface area (Å²) in [6.45, 7) is -0.292. The fourth-order valence-corrected chi connectivity index (χ4v) is 3.88. The van der Waals surface area contributed by atoms with Gasteiger partial charge in [-0.25, -0.2) is 8.42 Å². The van der Waals surface area contributed by atoms with Gasteiger partial charge < -0.3 is 10.1 Å². The lowest BCUT2D eigenvalue weighted by Gasteiger charge is -2.22. The largest absolute Gasteiger partial charge is 0.492 e. The molecule has 3 aromatic rings. The normalized spacial score (nSPS) is 11.9. The summed E-state index contributed by atoms with van der Waals surface area (Å²) in [6.07, 6.45) is -3.67. The van der Waals surface area contributed by atoms with E-state index in [1.165, 1.54) is 0 Å². The van der Waals surface area contributed by atoms with E-state index in [9.17, 15) is 26.4 Å². The summed E-state index contributed by atoms with van der Waals surface area (Å²) in [5.41, 5.74) is -0.951. The van der Waals surface area contributed by atoms with Gasteiger partial charge in [0.2, 0.25) is 15.9 Å². The van der Waals surface area contributed by atoms with Gasteiger partial charge in [-0.15, -0.1) is 0 Å². The van der Waals surface area contributed by atoms with Crippen LogP contribution in [0.3, 0.4) is 0 Å². The van der Waals surface area contributed by atoms with E-state index in [-0.39, 0.29) is 18.8 Å².